The molecule has 4 heteroatoms. The molecule has 0 heterocycles. The Hall–Kier alpha value is -2.10. The molecule has 5 aliphatic rings. The van der Waals surface area contributed by atoms with Crippen LogP contribution in [0.15, 0.2) is 43.0 Å². The average Bonchev–Trinajstić information content (AvgIpc) is 3.38. The first-order chi connectivity index (χ1) is 19.5. The summed E-state index contributed by atoms with van der Waals surface area (Å²) in [7, 11) is 0. The molecular formula is C37H56O4. The smallest absolute Gasteiger partial charge is 0.312 e. The van der Waals surface area contributed by atoms with E-state index in [1.165, 1.54) is 64.2 Å². The van der Waals surface area contributed by atoms with Crippen molar-refractivity contribution >= 4 is 11.9 Å². The number of hydrogen-bond acceptors (Lipinski definition) is 3. The van der Waals surface area contributed by atoms with Gasteiger partial charge in [0, 0.05) is 6.92 Å². The summed E-state index contributed by atoms with van der Waals surface area (Å²) < 4.78 is 6.04. The fourth-order valence-electron chi connectivity index (χ4n) is 11.1. The Balaban J connectivity index is 0.000000502. The SMILES string of the molecule is C=CC.CC(=O)O.CC1CCCC2(C)C1CCC1(C)C3CCC4(C(=O)OCc5ccccc5)CCCC4C3CCC21. The third kappa shape index (κ3) is 6.04. The quantitative estimate of drug-likeness (QED) is 0.293. The van der Waals surface area contributed by atoms with Crippen LogP contribution in [0.2, 0.25) is 0 Å². The molecule has 0 radical (unpaired) electrons. The van der Waals surface area contributed by atoms with E-state index < -0.39 is 5.97 Å². The molecule has 9 atom stereocenters. The Morgan fingerprint density at radius 2 is 1.51 bits per heavy atom. The van der Waals surface area contributed by atoms with E-state index in [0.717, 1.165) is 54.9 Å². The van der Waals surface area contributed by atoms with Crippen molar-refractivity contribution in [1.82, 2.24) is 0 Å². The molecule has 41 heavy (non-hydrogen) atoms. The van der Waals surface area contributed by atoms with Crippen molar-refractivity contribution in [3.05, 3.63) is 48.6 Å². The molecule has 5 aliphatic carbocycles. The van der Waals surface area contributed by atoms with Gasteiger partial charge in [0.2, 0.25) is 0 Å². The fourth-order valence-corrected chi connectivity index (χ4v) is 11.1. The number of benzene rings is 1. The molecule has 0 spiro atoms. The Morgan fingerprint density at radius 1 is 0.902 bits per heavy atom. The maximum Gasteiger partial charge on any atom is 0.312 e. The van der Waals surface area contributed by atoms with Crippen LogP contribution in [0.4, 0.5) is 0 Å². The maximum atomic E-state index is 13.7. The summed E-state index contributed by atoms with van der Waals surface area (Å²) in [6, 6.07) is 10.2. The zero-order valence-electron chi connectivity index (χ0n) is 26.5. The Bertz CT molecular complexity index is 1050. The highest BCUT2D eigenvalue weighted by atomic mass is 16.5. The van der Waals surface area contributed by atoms with Gasteiger partial charge in [0.15, 0.2) is 0 Å². The standard InChI is InChI=1S/C32H46O2.C3H6.C2H4O2/c1-22-9-7-17-30(2)25(22)15-19-31(3)26-16-20-32(29(33)34-21-23-10-5-4-6-11-23)18-8-12-27(32)24(26)13-14-28(30)31;1-3-2;1-2(3)4/h4-6,10-11,22,24-28H,7-9,12-21H2,1-3H3;3H,1H2,2H3;1H3,(H,3,4). The summed E-state index contributed by atoms with van der Waals surface area (Å²) in [4.78, 5) is 22.7. The molecule has 0 aromatic heterocycles. The summed E-state index contributed by atoms with van der Waals surface area (Å²) in [6.45, 7) is 14.7. The van der Waals surface area contributed by atoms with Gasteiger partial charge in [-0.2, -0.15) is 0 Å². The molecule has 1 N–H and O–H groups in total. The van der Waals surface area contributed by atoms with Crippen molar-refractivity contribution in [3.8, 4) is 0 Å². The van der Waals surface area contributed by atoms with Crippen LogP contribution in [-0.4, -0.2) is 17.0 Å². The molecule has 228 valence electrons. The molecule has 9 unspecified atom stereocenters. The van der Waals surface area contributed by atoms with Gasteiger partial charge < -0.3 is 9.84 Å². The van der Waals surface area contributed by atoms with Crippen molar-refractivity contribution in [2.75, 3.05) is 0 Å². The highest BCUT2D eigenvalue weighted by Crippen LogP contribution is 2.71. The van der Waals surface area contributed by atoms with Crippen molar-refractivity contribution in [1.29, 1.82) is 0 Å². The number of esters is 1. The highest BCUT2D eigenvalue weighted by Gasteiger charge is 2.65. The molecular weight excluding hydrogens is 508 g/mol. The van der Waals surface area contributed by atoms with E-state index in [4.69, 9.17) is 14.6 Å². The van der Waals surface area contributed by atoms with Gasteiger partial charge in [-0.1, -0.05) is 76.4 Å². The number of carbonyl (C=O) groups excluding carboxylic acids is 1. The molecule has 5 saturated carbocycles. The topological polar surface area (TPSA) is 63.6 Å². The molecule has 6 rings (SSSR count). The predicted molar refractivity (Wildman–Crippen MR) is 166 cm³/mol. The van der Waals surface area contributed by atoms with Crippen LogP contribution >= 0.6 is 0 Å². The molecule has 1 aromatic carbocycles. The minimum Gasteiger partial charge on any atom is -0.481 e. The lowest BCUT2D eigenvalue weighted by Crippen LogP contribution is -2.60. The van der Waals surface area contributed by atoms with Gasteiger partial charge in [0.05, 0.1) is 5.41 Å². The number of rotatable bonds is 3. The van der Waals surface area contributed by atoms with Crippen molar-refractivity contribution < 1.29 is 19.4 Å². The van der Waals surface area contributed by atoms with E-state index in [1.54, 1.807) is 6.08 Å². The van der Waals surface area contributed by atoms with Gasteiger partial charge in [0.25, 0.3) is 5.97 Å². The second-order valence-corrected chi connectivity index (χ2v) is 14.6. The molecule has 0 amide bonds. The third-order valence-electron chi connectivity index (χ3n) is 12.5. The number of aliphatic carboxylic acids is 1. The van der Waals surface area contributed by atoms with E-state index in [0.29, 0.717) is 23.4 Å². The van der Waals surface area contributed by atoms with E-state index in [1.807, 2.05) is 25.1 Å². The van der Waals surface area contributed by atoms with Gasteiger partial charge in [-0.25, -0.2) is 0 Å². The third-order valence-corrected chi connectivity index (χ3v) is 12.5. The van der Waals surface area contributed by atoms with Crippen LogP contribution < -0.4 is 0 Å². The lowest BCUT2D eigenvalue weighted by molar-refractivity contribution is -0.193. The lowest BCUT2D eigenvalue weighted by Gasteiger charge is -2.67. The zero-order chi connectivity index (χ0) is 29.8. The monoisotopic (exact) mass is 564 g/mol. The van der Waals surface area contributed by atoms with E-state index in [-0.39, 0.29) is 11.4 Å². The normalized spacial score (nSPS) is 40.4. The van der Waals surface area contributed by atoms with Crippen LogP contribution in [0, 0.1) is 51.8 Å². The second-order valence-electron chi connectivity index (χ2n) is 14.6. The molecule has 0 aliphatic heterocycles. The van der Waals surface area contributed by atoms with Gasteiger partial charge >= 0.3 is 5.97 Å². The van der Waals surface area contributed by atoms with Crippen LogP contribution in [0.5, 0.6) is 0 Å². The van der Waals surface area contributed by atoms with Gasteiger partial charge in [-0.15, -0.1) is 6.58 Å². The molecule has 0 saturated heterocycles. The Kier molecular flexibility index (Phi) is 10.1. The number of fused-ring (bicyclic) bond motifs is 7. The van der Waals surface area contributed by atoms with E-state index in [9.17, 15) is 4.79 Å². The molecule has 4 nitrogen and oxygen atoms in total. The summed E-state index contributed by atoms with van der Waals surface area (Å²) >= 11 is 0. The van der Waals surface area contributed by atoms with Crippen molar-refractivity contribution in [2.45, 2.75) is 118 Å². The number of carbonyl (C=O) groups is 2. The minimum absolute atomic E-state index is 0.126. The lowest BCUT2D eigenvalue weighted by atomic mass is 9.38. The highest BCUT2D eigenvalue weighted by molar-refractivity contribution is 5.78. The largest absolute Gasteiger partial charge is 0.481 e. The van der Waals surface area contributed by atoms with Crippen LogP contribution in [0.25, 0.3) is 0 Å². The minimum atomic E-state index is -0.833. The van der Waals surface area contributed by atoms with E-state index in [2.05, 4.69) is 39.5 Å². The first-order valence-electron chi connectivity index (χ1n) is 16.5. The Morgan fingerprint density at radius 3 is 2.20 bits per heavy atom. The maximum absolute atomic E-state index is 13.7. The zero-order valence-corrected chi connectivity index (χ0v) is 26.5. The first kappa shape index (κ1) is 31.8. The summed E-state index contributed by atoms with van der Waals surface area (Å²) in [5.74, 6) is 4.15. The van der Waals surface area contributed by atoms with E-state index >= 15 is 0 Å². The first-order valence-corrected chi connectivity index (χ1v) is 16.5. The number of ether oxygens (including phenoxy) is 1. The molecule has 5 fully saturated rings. The van der Waals surface area contributed by atoms with Gasteiger partial charge in [-0.05, 0) is 117 Å². The number of carboxylic acids is 1. The number of allylic oxidation sites excluding steroid dienone is 1. The summed E-state index contributed by atoms with van der Waals surface area (Å²) in [5, 5.41) is 7.42. The molecule has 1 aromatic rings. The van der Waals surface area contributed by atoms with Crippen LogP contribution in [0.3, 0.4) is 0 Å². The van der Waals surface area contributed by atoms with Crippen LogP contribution in [-0.2, 0) is 20.9 Å². The number of hydrogen-bond donors (Lipinski definition) is 1. The average molecular weight is 565 g/mol. The van der Waals surface area contributed by atoms with Crippen molar-refractivity contribution in [3.63, 3.8) is 0 Å². The van der Waals surface area contributed by atoms with Gasteiger partial charge in [0.1, 0.15) is 6.61 Å². The second kappa shape index (κ2) is 13.0. The Labute approximate surface area is 249 Å². The fraction of sp³-hybridized carbons (Fsp3) is 0.730. The summed E-state index contributed by atoms with van der Waals surface area (Å²) in [6.07, 6.45) is 17.6. The van der Waals surface area contributed by atoms with Crippen molar-refractivity contribution in [2.24, 2.45) is 51.8 Å². The van der Waals surface area contributed by atoms with Crippen LogP contribution in [0.1, 0.15) is 117 Å². The molecule has 0 bridgehead atoms. The number of carboxylic acid groups (broad SMARTS) is 1. The predicted octanol–water partition coefficient (Wildman–Crippen LogP) is 9.48. The van der Waals surface area contributed by atoms with Gasteiger partial charge in [-0.3, -0.25) is 9.59 Å². The summed E-state index contributed by atoms with van der Waals surface area (Å²) in [5.41, 5.74) is 1.94.